The number of carbonyl (C=O) groups is 1. The van der Waals surface area contributed by atoms with Gasteiger partial charge in [-0.1, -0.05) is 51.1 Å². The van der Waals surface area contributed by atoms with Gasteiger partial charge >= 0.3 is 0 Å². The molecule has 1 saturated heterocycles. The molecule has 6 heteroatoms. The molecule has 29 heavy (non-hydrogen) atoms. The summed E-state index contributed by atoms with van der Waals surface area (Å²) in [6.45, 7) is 7.03. The summed E-state index contributed by atoms with van der Waals surface area (Å²) >= 11 is 0. The Balaban J connectivity index is 1.66. The van der Waals surface area contributed by atoms with E-state index < -0.39 is 10.0 Å². The number of rotatable bonds is 4. The zero-order chi connectivity index (χ0) is 21.2. The van der Waals surface area contributed by atoms with Gasteiger partial charge in [0.15, 0.2) is 0 Å². The van der Waals surface area contributed by atoms with Gasteiger partial charge < -0.3 is 4.90 Å². The van der Waals surface area contributed by atoms with Gasteiger partial charge in [0.2, 0.25) is 15.9 Å². The van der Waals surface area contributed by atoms with E-state index in [4.69, 9.17) is 0 Å². The molecule has 2 aromatic rings. The second kappa shape index (κ2) is 8.28. The molecule has 1 fully saturated rings. The van der Waals surface area contributed by atoms with Crippen molar-refractivity contribution < 1.29 is 13.2 Å². The highest BCUT2D eigenvalue weighted by Gasteiger charge is 2.33. The maximum atomic E-state index is 13.0. The summed E-state index contributed by atoms with van der Waals surface area (Å²) < 4.78 is 27.5. The average molecular weight is 415 g/mol. The molecule has 0 aromatic heterocycles. The summed E-state index contributed by atoms with van der Waals surface area (Å²) in [7, 11) is -1.76. The Labute approximate surface area is 174 Å². The summed E-state index contributed by atoms with van der Waals surface area (Å²) in [6, 6.07) is 16.7. The second-order valence-electron chi connectivity index (χ2n) is 8.69. The lowest BCUT2D eigenvalue weighted by molar-refractivity contribution is -0.123. The molecule has 1 heterocycles. The predicted molar refractivity (Wildman–Crippen MR) is 116 cm³/mol. The zero-order valence-corrected chi connectivity index (χ0v) is 18.4. The van der Waals surface area contributed by atoms with E-state index in [0.29, 0.717) is 30.8 Å². The molecule has 0 aliphatic carbocycles. The number of carbonyl (C=O) groups excluding carboxylic acids is 1. The smallest absolute Gasteiger partial charge is 0.243 e. The topological polar surface area (TPSA) is 57.7 Å². The molecule has 0 bridgehead atoms. The molecule has 0 saturated carbocycles. The van der Waals surface area contributed by atoms with Crippen molar-refractivity contribution >= 4 is 21.6 Å². The van der Waals surface area contributed by atoms with Crippen molar-refractivity contribution in [2.45, 2.75) is 43.9 Å². The van der Waals surface area contributed by atoms with Crippen LogP contribution in [0.15, 0.2) is 59.5 Å². The summed E-state index contributed by atoms with van der Waals surface area (Å²) in [5, 5.41) is 0. The molecule has 0 spiro atoms. The summed E-state index contributed by atoms with van der Waals surface area (Å²) in [5.74, 6) is -0.113. The molecule has 156 valence electrons. The monoisotopic (exact) mass is 414 g/mol. The molecule has 0 radical (unpaired) electrons. The Hall–Kier alpha value is -2.18. The van der Waals surface area contributed by atoms with Crippen LogP contribution in [0.5, 0.6) is 0 Å². The minimum Gasteiger partial charge on any atom is -0.315 e. The molecule has 1 aliphatic rings. The van der Waals surface area contributed by atoms with Crippen molar-refractivity contribution in [1.29, 1.82) is 0 Å². The van der Waals surface area contributed by atoms with E-state index in [9.17, 15) is 13.2 Å². The van der Waals surface area contributed by atoms with Gasteiger partial charge in [-0.05, 0) is 48.1 Å². The fourth-order valence-electron chi connectivity index (χ4n) is 3.67. The Morgan fingerprint density at radius 2 is 1.52 bits per heavy atom. The first kappa shape index (κ1) is 21.5. The number of hydrogen-bond acceptors (Lipinski definition) is 3. The maximum Gasteiger partial charge on any atom is 0.243 e. The summed E-state index contributed by atoms with van der Waals surface area (Å²) in [4.78, 5) is 14.8. The number of benzene rings is 2. The normalized spacial score (nSPS) is 16.6. The third kappa shape index (κ3) is 4.70. The first-order chi connectivity index (χ1) is 13.6. The van der Waals surface area contributed by atoms with E-state index >= 15 is 0 Å². The number of para-hydroxylation sites is 1. The minimum absolute atomic E-state index is 0.0220. The van der Waals surface area contributed by atoms with E-state index in [1.54, 1.807) is 24.1 Å². The van der Waals surface area contributed by atoms with Crippen LogP contribution < -0.4 is 4.90 Å². The lowest BCUT2D eigenvalue weighted by atomic mass is 9.87. The van der Waals surface area contributed by atoms with Crippen LogP contribution in [0.1, 0.15) is 39.2 Å². The van der Waals surface area contributed by atoms with Crippen molar-refractivity contribution in [1.82, 2.24) is 4.31 Å². The molecule has 0 unspecified atom stereocenters. The number of amides is 1. The Kier molecular flexibility index (Phi) is 6.15. The molecule has 1 amide bonds. The van der Waals surface area contributed by atoms with E-state index in [2.05, 4.69) is 20.8 Å². The highest BCUT2D eigenvalue weighted by molar-refractivity contribution is 7.89. The van der Waals surface area contributed by atoms with Crippen molar-refractivity contribution in [3.05, 3.63) is 60.2 Å². The number of sulfonamides is 1. The predicted octanol–water partition coefficient (Wildman–Crippen LogP) is 4.05. The fraction of sp³-hybridized carbons (Fsp3) is 0.435. The fourth-order valence-corrected chi connectivity index (χ4v) is 5.14. The Bertz CT molecular complexity index is 940. The molecule has 2 aromatic carbocycles. The minimum atomic E-state index is -3.54. The van der Waals surface area contributed by atoms with Gasteiger partial charge in [0, 0.05) is 31.7 Å². The third-order valence-corrected chi connectivity index (χ3v) is 7.55. The molecule has 3 rings (SSSR count). The van der Waals surface area contributed by atoms with Gasteiger partial charge in [0.05, 0.1) is 4.90 Å². The largest absolute Gasteiger partial charge is 0.315 e. The van der Waals surface area contributed by atoms with Crippen molar-refractivity contribution in [2.75, 3.05) is 25.0 Å². The molecule has 0 N–H and O–H groups in total. The van der Waals surface area contributed by atoms with Gasteiger partial charge in [0.1, 0.15) is 0 Å². The third-order valence-electron chi connectivity index (χ3n) is 5.64. The van der Waals surface area contributed by atoms with E-state index in [1.165, 1.54) is 4.31 Å². The first-order valence-electron chi connectivity index (χ1n) is 10.0. The van der Waals surface area contributed by atoms with Crippen molar-refractivity contribution in [2.24, 2.45) is 5.92 Å². The van der Waals surface area contributed by atoms with Crippen LogP contribution in [0.3, 0.4) is 0 Å². The highest BCUT2D eigenvalue weighted by Crippen LogP contribution is 2.28. The summed E-state index contributed by atoms with van der Waals surface area (Å²) in [6.07, 6.45) is 1.07. The van der Waals surface area contributed by atoms with Crippen LogP contribution >= 0.6 is 0 Å². The van der Waals surface area contributed by atoms with Crippen LogP contribution in [0, 0.1) is 5.92 Å². The quantitative estimate of drug-likeness (QED) is 0.758. The number of hydrogen-bond donors (Lipinski definition) is 0. The van der Waals surface area contributed by atoms with E-state index in [-0.39, 0.29) is 17.2 Å². The SMILES string of the molecule is CN(C(=O)C1CCN(S(=O)(=O)c2ccc(C(C)(C)C)cc2)CC1)c1ccccc1. The van der Waals surface area contributed by atoms with Gasteiger partial charge in [-0.3, -0.25) is 4.79 Å². The number of nitrogens with zero attached hydrogens (tertiary/aromatic N) is 2. The second-order valence-corrected chi connectivity index (χ2v) is 10.6. The molecule has 0 atom stereocenters. The lowest BCUT2D eigenvalue weighted by Gasteiger charge is -2.32. The van der Waals surface area contributed by atoms with Gasteiger partial charge in [-0.2, -0.15) is 4.31 Å². The molecular weight excluding hydrogens is 384 g/mol. The van der Waals surface area contributed by atoms with Crippen LogP contribution in [0.25, 0.3) is 0 Å². The maximum absolute atomic E-state index is 13.0. The Morgan fingerprint density at radius 3 is 2.03 bits per heavy atom. The lowest BCUT2D eigenvalue weighted by Crippen LogP contribution is -2.43. The highest BCUT2D eigenvalue weighted by atomic mass is 32.2. The van der Waals surface area contributed by atoms with Gasteiger partial charge in [-0.15, -0.1) is 0 Å². The van der Waals surface area contributed by atoms with Crippen molar-refractivity contribution in [3.8, 4) is 0 Å². The summed E-state index contributed by atoms with van der Waals surface area (Å²) in [5.41, 5.74) is 1.93. The van der Waals surface area contributed by atoms with Crippen molar-refractivity contribution in [3.63, 3.8) is 0 Å². The average Bonchev–Trinajstić information content (AvgIpc) is 2.73. The molecule has 1 aliphatic heterocycles. The van der Waals surface area contributed by atoms with E-state index in [1.807, 2.05) is 42.5 Å². The number of anilines is 1. The van der Waals surface area contributed by atoms with Gasteiger partial charge in [0.25, 0.3) is 0 Å². The van der Waals surface area contributed by atoms with Gasteiger partial charge in [-0.25, -0.2) is 8.42 Å². The standard InChI is InChI=1S/C23H30N2O3S/c1-23(2,3)19-10-12-21(13-11-19)29(27,28)25-16-14-18(15-17-25)22(26)24(4)20-8-6-5-7-9-20/h5-13,18H,14-17H2,1-4H3. The zero-order valence-electron chi connectivity index (χ0n) is 17.6. The first-order valence-corrected chi connectivity index (χ1v) is 11.5. The van der Waals surface area contributed by atoms with Crippen LogP contribution in [-0.2, 0) is 20.2 Å². The number of piperidine rings is 1. The molecular formula is C23H30N2O3S. The Morgan fingerprint density at radius 1 is 0.966 bits per heavy atom. The van der Waals surface area contributed by atoms with Crippen LogP contribution in [-0.4, -0.2) is 38.8 Å². The molecule has 5 nitrogen and oxygen atoms in total. The van der Waals surface area contributed by atoms with E-state index in [0.717, 1.165) is 11.3 Å². The van der Waals surface area contributed by atoms with Crippen LogP contribution in [0.4, 0.5) is 5.69 Å². The van der Waals surface area contributed by atoms with Crippen LogP contribution in [0.2, 0.25) is 0 Å².